The smallest absolute Gasteiger partial charge is 0.481 e. The van der Waals surface area contributed by atoms with Crippen LogP contribution in [0.2, 0.25) is 5.54 Å². The third kappa shape index (κ3) is 12.6. The van der Waals surface area contributed by atoms with Crippen molar-refractivity contribution < 1.29 is 43.8 Å². The molecule has 0 radical (unpaired) electrons. The van der Waals surface area contributed by atoms with Gasteiger partial charge in [0.15, 0.2) is 0 Å². The molecule has 5 unspecified atom stereocenters. The lowest BCUT2D eigenvalue weighted by Gasteiger charge is -2.40. The Morgan fingerprint density at radius 1 is 0.825 bits per heavy atom. The largest absolute Gasteiger partial charge is 0.496 e. The van der Waals surface area contributed by atoms with Crippen LogP contribution in [-0.2, 0) is 19.2 Å². The van der Waals surface area contributed by atoms with Crippen LogP contribution < -0.4 is 10.6 Å². The zero-order valence-electron chi connectivity index (χ0n) is 25.3. The molecule has 13 nitrogen and oxygen atoms in total. The number of amides is 2. The highest BCUT2D eigenvalue weighted by molar-refractivity contribution is 6.58. The minimum absolute atomic E-state index is 0.0863. The predicted octanol–water partition coefficient (Wildman–Crippen LogP) is -0.112. The van der Waals surface area contributed by atoms with Crippen molar-refractivity contribution in [3.8, 4) is 0 Å². The van der Waals surface area contributed by atoms with Crippen molar-refractivity contribution in [2.75, 3.05) is 54.4 Å². The van der Waals surface area contributed by atoms with Gasteiger partial charge in [-0.05, 0) is 72.4 Å². The maximum Gasteiger partial charge on any atom is 0.496 e. The van der Waals surface area contributed by atoms with Gasteiger partial charge in [-0.1, -0.05) is 27.7 Å². The van der Waals surface area contributed by atoms with E-state index >= 15 is 0 Å². The van der Waals surface area contributed by atoms with Crippen molar-refractivity contribution in [2.45, 2.75) is 58.9 Å². The number of carboxylic acids is 2. The summed E-state index contributed by atoms with van der Waals surface area (Å²) in [4.78, 5) is 85.7. The summed E-state index contributed by atoms with van der Waals surface area (Å²) in [7, 11) is 2.49. The fourth-order valence-corrected chi connectivity index (χ4v) is 6.73. The summed E-state index contributed by atoms with van der Waals surface area (Å²) in [5.74, 6) is -9.37. The van der Waals surface area contributed by atoms with Gasteiger partial charge >= 0.3 is 20.7 Å². The van der Waals surface area contributed by atoms with E-state index in [1.54, 1.807) is 13.8 Å². The Bertz CT molecular complexity index is 833. The highest BCUT2D eigenvalue weighted by atomic mass is 28.4. The second-order valence-electron chi connectivity index (χ2n) is 11.9. The van der Waals surface area contributed by atoms with Crippen LogP contribution in [0.25, 0.3) is 0 Å². The van der Waals surface area contributed by atoms with Gasteiger partial charge in [0.2, 0.25) is 11.8 Å². The first-order valence-electron chi connectivity index (χ1n) is 13.7. The summed E-state index contributed by atoms with van der Waals surface area (Å²) in [6.07, 6.45) is 0.761. The van der Waals surface area contributed by atoms with E-state index in [0.29, 0.717) is 32.5 Å². The summed E-state index contributed by atoms with van der Waals surface area (Å²) < 4.78 is 0. The van der Waals surface area contributed by atoms with E-state index in [2.05, 4.69) is 10.6 Å². The fourth-order valence-electron chi connectivity index (χ4n) is 5.32. The highest BCUT2D eigenvalue weighted by Gasteiger charge is 2.53. The number of carboxylic acid groups (broad SMARTS) is 2. The summed E-state index contributed by atoms with van der Waals surface area (Å²) in [6.45, 7) is 7.87. The van der Waals surface area contributed by atoms with E-state index in [0.717, 1.165) is 0 Å². The van der Waals surface area contributed by atoms with Gasteiger partial charge in [0.25, 0.3) is 0 Å². The molecule has 0 aliphatic carbocycles. The van der Waals surface area contributed by atoms with Crippen LogP contribution in [0.5, 0.6) is 0 Å². The minimum Gasteiger partial charge on any atom is -0.481 e. The first-order chi connectivity index (χ1) is 18.3. The molecule has 0 aromatic rings. The van der Waals surface area contributed by atoms with Crippen LogP contribution in [0.3, 0.4) is 0 Å². The zero-order valence-corrected chi connectivity index (χ0v) is 26.3. The van der Waals surface area contributed by atoms with Crippen molar-refractivity contribution in [1.82, 2.24) is 20.4 Å². The normalized spacial score (nSPS) is 16.2. The van der Waals surface area contributed by atoms with Crippen molar-refractivity contribution in [3.05, 3.63) is 0 Å². The maximum atomic E-state index is 13.4. The van der Waals surface area contributed by atoms with Crippen LogP contribution in [0, 0.1) is 29.1 Å². The summed E-state index contributed by atoms with van der Waals surface area (Å²) in [6, 6.07) is 0. The molecule has 0 fully saturated rings. The van der Waals surface area contributed by atoms with E-state index in [1.807, 2.05) is 38.0 Å². The number of hydrogen-bond donors (Lipinski definition) is 7. The molecule has 234 valence electrons. The molecule has 5 atom stereocenters. The highest BCUT2D eigenvalue weighted by Crippen LogP contribution is 2.44. The monoisotopic (exact) mass is 592 g/mol. The number of carbonyl (C=O) groups is 4. The van der Waals surface area contributed by atoms with Gasteiger partial charge in [0.05, 0.1) is 23.7 Å². The van der Waals surface area contributed by atoms with Crippen LogP contribution >= 0.6 is 0 Å². The number of carbonyl (C=O) groups excluding carboxylic acids is 2. The molecule has 0 aromatic heterocycles. The predicted molar refractivity (Wildman–Crippen MR) is 152 cm³/mol. The van der Waals surface area contributed by atoms with Gasteiger partial charge in [-0.15, -0.1) is 0 Å². The Balaban J connectivity index is 6.35. The maximum absolute atomic E-state index is 13.4. The van der Waals surface area contributed by atoms with E-state index < -0.39 is 67.2 Å². The van der Waals surface area contributed by atoms with Gasteiger partial charge in [0, 0.05) is 18.6 Å². The first kappa shape index (κ1) is 37.9. The standard InChI is InChI=1S/C26H52N4O9Si/c1-9-19(40(37,38)39)20(22(31)27-12-10-14-29(5)6)18(25(35)36)16-26(3,4)21(17(2)24(33)34)23(32)28-13-11-15-30(7)8/h17-21,37-39H,9-16H2,1-8H3,(H,27,31)(H,28,32)(H,33,34)(H,35,36). The topological polar surface area (TPSA) is 200 Å². The van der Waals surface area contributed by atoms with Gasteiger partial charge < -0.3 is 45.0 Å². The Labute approximate surface area is 239 Å². The molecule has 0 aliphatic rings. The molecule has 7 N–H and O–H groups in total. The van der Waals surface area contributed by atoms with Crippen LogP contribution in [0.4, 0.5) is 0 Å². The number of nitrogens with zero attached hydrogens (tertiary/aromatic N) is 2. The lowest BCUT2D eigenvalue weighted by molar-refractivity contribution is -0.154. The minimum atomic E-state index is -4.99. The van der Waals surface area contributed by atoms with Crippen molar-refractivity contribution in [1.29, 1.82) is 0 Å². The second-order valence-corrected chi connectivity index (χ2v) is 14.0. The lowest BCUT2D eigenvalue weighted by Crippen LogP contribution is -2.53. The summed E-state index contributed by atoms with van der Waals surface area (Å²) in [5.41, 5.74) is -2.69. The fraction of sp³-hybridized carbons (Fsp3) is 0.846. The Kier molecular flexibility index (Phi) is 16.1. The molecule has 0 bridgehead atoms. The number of hydrogen-bond acceptors (Lipinski definition) is 9. The molecule has 0 aromatic carbocycles. The van der Waals surface area contributed by atoms with Gasteiger partial charge in [-0.3, -0.25) is 19.2 Å². The Morgan fingerprint density at radius 2 is 1.27 bits per heavy atom. The summed E-state index contributed by atoms with van der Waals surface area (Å²) in [5, 5.41) is 25.5. The van der Waals surface area contributed by atoms with Crippen LogP contribution in [0.15, 0.2) is 0 Å². The molecule has 0 heterocycles. The van der Waals surface area contributed by atoms with Gasteiger partial charge in [-0.2, -0.15) is 0 Å². The molecular formula is C26H52N4O9Si. The third-order valence-electron chi connectivity index (χ3n) is 7.35. The van der Waals surface area contributed by atoms with Gasteiger partial charge in [0.1, 0.15) is 0 Å². The average Bonchev–Trinajstić information content (AvgIpc) is 2.80. The first-order valence-corrected chi connectivity index (χ1v) is 15.7. The Morgan fingerprint density at radius 3 is 1.62 bits per heavy atom. The molecular weight excluding hydrogens is 540 g/mol. The molecule has 14 heteroatoms. The molecule has 2 amide bonds. The van der Waals surface area contributed by atoms with Crippen LogP contribution in [-0.4, -0.2) is 121 Å². The molecule has 0 saturated carbocycles. The van der Waals surface area contributed by atoms with Crippen LogP contribution in [0.1, 0.15) is 53.4 Å². The number of aliphatic carboxylic acids is 2. The third-order valence-corrected chi connectivity index (χ3v) is 9.11. The molecule has 0 spiro atoms. The van der Waals surface area contributed by atoms with Crippen molar-refractivity contribution in [2.24, 2.45) is 29.1 Å². The van der Waals surface area contributed by atoms with Crippen molar-refractivity contribution >= 4 is 32.6 Å². The number of rotatable bonds is 20. The van der Waals surface area contributed by atoms with Gasteiger partial charge in [-0.25, -0.2) is 0 Å². The van der Waals surface area contributed by atoms with Crippen molar-refractivity contribution in [3.63, 3.8) is 0 Å². The van der Waals surface area contributed by atoms with E-state index in [-0.39, 0.29) is 19.4 Å². The molecule has 0 rings (SSSR count). The van der Waals surface area contributed by atoms with E-state index in [9.17, 15) is 43.8 Å². The zero-order chi connectivity index (χ0) is 31.4. The number of nitrogens with one attached hydrogen (secondary N) is 2. The summed E-state index contributed by atoms with van der Waals surface area (Å²) >= 11 is 0. The van der Waals surface area contributed by atoms with E-state index in [4.69, 9.17) is 0 Å². The molecule has 0 aliphatic heterocycles. The SMILES string of the molecule is CCC(C(C(=O)NCCCN(C)C)C(CC(C)(C)C(C(=O)NCCCN(C)C)C(C)C(=O)O)C(=O)O)[Si](O)(O)O. The second kappa shape index (κ2) is 17.0. The Hall–Kier alpha value is -2.10. The lowest BCUT2D eigenvalue weighted by atomic mass is 9.65. The molecule has 40 heavy (non-hydrogen) atoms. The van der Waals surface area contributed by atoms with E-state index in [1.165, 1.54) is 13.8 Å². The molecule has 0 saturated heterocycles. The average molecular weight is 593 g/mol. The quantitative estimate of drug-likeness (QED) is 0.0735.